The van der Waals surface area contributed by atoms with Crippen molar-refractivity contribution in [2.45, 2.75) is 12.8 Å². The first kappa shape index (κ1) is 7.87. The first-order valence-electron chi connectivity index (χ1n) is 4.75. The van der Waals surface area contributed by atoms with Crippen LogP contribution in [0.3, 0.4) is 0 Å². The third-order valence-electron chi connectivity index (χ3n) is 2.46. The second-order valence-electron chi connectivity index (χ2n) is 3.51. The van der Waals surface area contributed by atoms with Crippen molar-refractivity contribution < 1.29 is 0 Å². The lowest BCUT2D eigenvalue weighted by atomic mass is 10.4. The Morgan fingerprint density at radius 1 is 1.08 bits per heavy atom. The number of likely N-dealkylation sites (tertiary alicyclic amines) is 1. The molecule has 0 radical (unpaired) electrons. The lowest BCUT2D eigenvalue weighted by molar-refractivity contribution is 0.214. The van der Waals surface area contributed by atoms with E-state index in [1.165, 1.54) is 25.9 Å². The van der Waals surface area contributed by atoms with Crippen LogP contribution in [0.2, 0.25) is 0 Å². The van der Waals surface area contributed by atoms with Gasteiger partial charge < -0.3 is 4.90 Å². The molecule has 0 aromatic rings. The van der Waals surface area contributed by atoms with Crippen LogP contribution >= 0.6 is 0 Å². The molecule has 2 aliphatic rings. The molecule has 1 fully saturated rings. The quantitative estimate of drug-likeness (QED) is 0.609. The van der Waals surface area contributed by atoms with E-state index < -0.39 is 0 Å². The van der Waals surface area contributed by atoms with Gasteiger partial charge in [0, 0.05) is 12.7 Å². The second-order valence-corrected chi connectivity index (χ2v) is 3.51. The maximum atomic E-state index is 2.52. The van der Waals surface area contributed by atoms with E-state index in [0.29, 0.717) is 0 Å². The van der Waals surface area contributed by atoms with Crippen molar-refractivity contribution in [2.24, 2.45) is 0 Å². The van der Waals surface area contributed by atoms with Gasteiger partial charge in [-0.1, -0.05) is 12.2 Å². The molecule has 0 saturated carbocycles. The molecule has 2 aliphatic heterocycles. The summed E-state index contributed by atoms with van der Waals surface area (Å²) in [6.45, 7) is 4.76. The summed E-state index contributed by atoms with van der Waals surface area (Å²) in [7, 11) is 0. The Morgan fingerprint density at radius 3 is 2.58 bits per heavy atom. The van der Waals surface area contributed by atoms with Gasteiger partial charge in [-0.25, -0.2) is 0 Å². The van der Waals surface area contributed by atoms with Gasteiger partial charge in [-0.2, -0.15) is 0 Å². The van der Waals surface area contributed by atoms with E-state index >= 15 is 0 Å². The molecule has 0 atom stereocenters. The van der Waals surface area contributed by atoms with Crippen LogP contribution in [0.1, 0.15) is 12.8 Å². The molecule has 0 bridgehead atoms. The van der Waals surface area contributed by atoms with Crippen molar-refractivity contribution in [3.63, 3.8) is 0 Å². The molecule has 1 saturated heterocycles. The molecule has 0 N–H and O–H groups in total. The zero-order valence-electron chi connectivity index (χ0n) is 7.45. The Morgan fingerprint density at radius 2 is 1.92 bits per heavy atom. The van der Waals surface area contributed by atoms with Gasteiger partial charge in [-0.15, -0.1) is 0 Å². The zero-order chi connectivity index (χ0) is 8.23. The van der Waals surface area contributed by atoms with E-state index in [-0.39, 0.29) is 0 Å². The van der Waals surface area contributed by atoms with Crippen LogP contribution in [0.25, 0.3) is 0 Å². The van der Waals surface area contributed by atoms with Gasteiger partial charge in [0.25, 0.3) is 0 Å². The summed E-state index contributed by atoms with van der Waals surface area (Å²) in [5.74, 6) is 0. The fourth-order valence-electron chi connectivity index (χ4n) is 1.79. The first-order chi connectivity index (χ1) is 5.95. The normalized spacial score (nSPS) is 23.8. The predicted molar refractivity (Wildman–Crippen MR) is 50.7 cm³/mol. The summed E-state index contributed by atoms with van der Waals surface area (Å²) in [5, 5.41) is 0. The van der Waals surface area contributed by atoms with Crippen LogP contribution in [0.5, 0.6) is 0 Å². The highest BCUT2D eigenvalue weighted by Gasteiger charge is 2.12. The smallest absolute Gasteiger partial charge is 0.0705 e. The first-order valence-corrected chi connectivity index (χ1v) is 4.75. The van der Waals surface area contributed by atoms with Gasteiger partial charge in [0.2, 0.25) is 0 Å². The van der Waals surface area contributed by atoms with E-state index in [9.17, 15) is 0 Å². The molecule has 66 valence electrons. The van der Waals surface area contributed by atoms with Crippen LogP contribution in [0.15, 0.2) is 24.4 Å². The molecule has 0 aliphatic carbocycles. The third kappa shape index (κ3) is 1.89. The molecule has 2 rings (SSSR count). The fourth-order valence-corrected chi connectivity index (χ4v) is 1.79. The molecule has 0 spiro atoms. The van der Waals surface area contributed by atoms with E-state index in [0.717, 1.165) is 13.2 Å². The number of hydrogen-bond donors (Lipinski definition) is 0. The largest absolute Gasteiger partial charge is 0.361 e. The fraction of sp³-hybridized carbons (Fsp3) is 0.600. The Bertz CT molecular complexity index is 190. The highest BCUT2D eigenvalue weighted by Crippen LogP contribution is 2.09. The van der Waals surface area contributed by atoms with Gasteiger partial charge in [0.1, 0.15) is 0 Å². The molecule has 12 heavy (non-hydrogen) atoms. The van der Waals surface area contributed by atoms with Crippen LogP contribution < -0.4 is 0 Å². The molecule has 0 aromatic carbocycles. The van der Waals surface area contributed by atoms with E-state index in [2.05, 4.69) is 34.2 Å². The Kier molecular flexibility index (Phi) is 2.47. The van der Waals surface area contributed by atoms with Crippen LogP contribution in [0.4, 0.5) is 0 Å². The van der Waals surface area contributed by atoms with Crippen molar-refractivity contribution in [1.82, 2.24) is 9.80 Å². The summed E-state index contributed by atoms with van der Waals surface area (Å²) >= 11 is 0. The average molecular weight is 164 g/mol. The number of hydrogen-bond acceptors (Lipinski definition) is 2. The summed E-state index contributed by atoms with van der Waals surface area (Å²) in [5.41, 5.74) is 0. The number of rotatable bonds is 2. The molecule has 2 nitrogen and oxygen atoms in total. The van der Waals surface area contributed by atoms with Crippen LogP contribution in [-0.4, -0.2) is 36.1 Å². The van der Waals surface area contributed by atoms with E-state index in [4.69, 9.17) is 0 Å². The average Bonchev–Trinajstić information content (AvgIpc) is 2.59. The summed E-state index contributed by atoms with van der Waals surface area (Å²) in [6, 6.07) is 0. The van der Waals surface area contributed by atoms with Crippen molar-refractivity contribution >= 4 is 0 Å². The topological polar surface area (TPSA) is 6.48 Å². The maximum Gasteiger partial charge on any atom is 0.0705 e. The van der Waals surface area contributed by atoms with Gasteiger partial charge in [0.15, 0.2) is 0 Å². The Hall–Kier alpha value is -0.760. The van der Waals surface area contributed by atoms with Crippen molar-refractivity contribution in [3.8, 4) is 0 Å². The number of allylic oxidation sites excluding steroid dienone is 2. The highest BCUT2D eigenvalue weighted by molar-refractivity contribution is 5.08. The summed E-state index contributed by atoms with van der Waals surface area (Å²) < 4.78 is 0. The summed E-state index contributed by atoms with van der Waals surface area (Å²) in [4.78, 5) is 4.87. The Labute approximate surface area is 74.2 Å². The van der Waals surface area contributed by atoms with Gasteiger partial charge >= 0.3 is 0 Å². The van der Waals surface area contributed by atoms with Gasteiger partial charge in [0.05, 0.1) is 6.67 Å². The highest BCUT2D eigenvalue weighted by atomic mass is 15.3. The van der Waals surface area contributed by atoms with Crippen molar-refractivity contribution in [1.29, 1.82) is 0 Å². The molecule has 2 heteroatoms. The monoisotopic (exact) mass is 164 g/mol. The van der Waals surface area contributed by atoms with Crippen molar-refractivity contribution in [2.75, 3.05) is 26.3 Å². The third-order valence-corrected chi connectivity index (χ3v) is 2.46. The number of nitrogens with zero attached hydrogens (tertiary/aromatic N) is 2. The van der Waals surface area contributed by atoms with E-state index in [1.54, 1.807) is 0 Å². The SMILES string of the molecule is C1=CCN(CN2CCCC2)C=C1. The zero-order valence-corrected chi connectivity index (χ0v) is 7.45. The second kappa shape index (κ2) is 3.76. The predicted octanol–water partition coefficient (Wildman–Crippen LogP) is 1.43. The lowest BCUT2D eigenvalue weighted by Crippen LogP contribution is -2.33. The van der Waals surface area contributed by atoms with Gasteiger partial charge in [-0.3, -0.25) is 4.90 Å². The lowest BCUT2D eigenvalue weighted by Gasteiger charge is -2.26. The minimum atomic E-state index is 1.08. The Balaban J connectivity index is 1.78. The minimum absolute atomic E-state index is 1.08. The van der Waals surface area contributed by atoms with Crippen LogP contribution in [-0.2, 0) is 0 Å². The van der Waals surface area contributed by atoms with E-state index in [1.807, 2.05) is 0 Å². The molecular formula is C10H16N2. The molecular weight excluding hydrogens is 148 g/mol. The van der Waals surface area contributed by atoms with Gasteiger partial charge in [-0.05, 0) is 32.0 Å². The minimum Gasteiger partial charge on any atom is -0.361 e. The van der Waals surface area contributed by atoms with Crippen molar-refractivity contribution in [3.05, 3.63) is 24.4 Å². The molecule has 0 aromatic heterocycles. The maximum absolute atomic E-state index is 2.52. The molecule has 0 amide bonds. The standard InChI is InChI=1S/C10H16N2/c1-2-6-11(7-3-1)10-12-8-4-5-9-12/h1-3,6H,4-5,7-10H2. The van der Waals surface area contributed by atoms with Crippen LogP contribution in [0, 0.1) is 0 Å². The summed E-state index contributed by atoms with van der Waals surface area (Å²) in [6.07, 6.45) is 11.4. The molecule has 2 heterocycles. The molecule has 0 unspecified atom stereocenters.